The number of allylic oxidation sites excluding steroid dienone is 2. The molecule has 1 aromatic carbocycles. The summed E-state index contributed by atoms with van der Waals surface area (Å²) in [6.07, 6.45) is 7.22. The van der Waals surface area contributed by atoms with Crippen LogP contribution in [0.25, 0.3) is 10.9 Å². The number of benzene rings is 1. The van der Waals surface area contributed by atoms with Gasteiger partial charge in [0, 0.05) is 18.5 Å². The number of rotatable bonds is 6. The van der Waals surface area contributed by atoms with Gasteiger partial charge in [0.15, 0.2) is 0 Å². The summed E-state index contributed by atoms with van der Waals surface area (Å²) < 4.78 is 1.92. The van der Waals surface area contributed by atoms with E-state index in [0.717, 1.165) is 17.3 Å². The van der Waals surface area contributed by atoms with Crippen LogP contribution in [0.3, 0.4) is 0 Å². The first-order valence-electron chi connectivity index (χ1n) is 8.23. The lowest BCUT2D eigenvalue weighted by Crippen LogP contribution is -2.39. The van der Waals surface area contributed by atoms with E-state index in [1.165, 1.54) is 0 Å². The molecule has 1 aromatic heterocycles. The zero-order valence-corrected chi connectivity index (χ0v) is 13.4. The molecule has 0 radical (unpaired) electrons. The molecular weight excluding hydrogens is 306 g/mol. The van der Waals surface area contributed by atoms with Gasteiger partial charge in [0.2, 0.25) is 5.91 Å². The third kappa shape index (κ3) is 3.48. The third-order valence-electron chi connectivity index (χ3n) is 4.48. The Morgan fingerprint density at radius 1 is 1.21 bits per heavy atom. The number of hydrogen-bond acceptors (Lipinski definition) is 3. The van der Waals surface area contributed by atoms with Crippen LogP contribution < -0.4 is 5.32 Å². The molecular formula is C18H21N3O3. The maximum atomic E-state index is 12.3. The van der Waals surface area contributed by atoms with E-state index in [9.17, 15) is 14.7 Å². The first-order chi connectivity index (χ1) is 11.7. The minimum atomic E-state index is -0.900. The molecule has 6 heteroatoms. The van der Waals surface area contributed by atoms with Gasteiger partial charge in [-0.05, 0) is 25.3 Å². The average molecular weight is 327 g/mol. The van der Waals surface area contributed by atoms with Gasteiger partial charge in [0.1, 0.15) is 0 Å². The second kappa shape index (κ2) is 7.29. The van der Waals surface area contributed by atoms with Gasteiger partial charge in [-0.15, -0.1) is 0 Å². The molecule has 0 saturated heterocycles. The van der Waals surface area contributed by atoms with Crippen molar-refractivity contribution in [1.29, 1.82) is 0 Å². The lowest BCUT2D eigenvalue weighted by Gasteiger charge is -2.24. The van der Waals surface area contributed by atoms with E-state index >= 15 is 0 Å². The highest BCUT2D eigenvalue weighted by molar-refractivity contribution is 5.85. The van der Waals surface area contributed by atoms with E-state index in [1.54, 1.807) is 0 Å². The van der Waals surface area contributed by atoms with Crippen molar-refractivity contribution in [3.63, 3.8) is 0 Å². The second-order valence-electron chi connectivity index (χ2n) is 6.07. The Hall–Kier alpha value is -2.63. The molecule has 0 aliphatic heterocycles. The van der Waals surface area contributed by atoms with E-state index in [2.05, 4.69) is 10.4 Å². The Balaban J connectivity index is 1.50. The van der Waals surface area contributed by atoms with Gasteiger partial charge in [0.05, 0.1) is 23.5 Å². The number of aliphatic carboxylic acids is 1. The standard InChI is InChI=1S/C18H21N3O3/c22-17(14-7-2-3-8-15(14)18(23)24)19-10-5-11-21-16-9-4-1-6-13(16)12-20-21/h1-4,6,9,12,14-15H,5,7-8,10-11H2,(H,19,22)(H,23,24)/t14-,15+/m0/s1. The van der Waals surface area contributed by atoms with Crippen molar-refractivity contribution < 1.29 is 14.7 Å². The number of carboxylic acids is 1. The number of carbonyl (C=O) groups excluding carboxylic acids is 1. The molecule has 1 amide bonds. The molecule has 0 spiro atoms. The van der Waals surface area contributed by atoms with Crippen molar-refractivity contribution in [2.75, 3.05) is 6.54 Å². The summed E-state index contributed by atoms with van der Waals surface area (Å²) in [4.78, 5) is 23.5. The number of carbonyl (C=O) groups is 2. The predicted octanol–water partition coefficient (Wildman–Crippen LogP) is 2.21. The fraction of sp³-hybridized carbons (Fsp3) is 0.389. The van der Waals surface area contributed by atoms with Crippen molar-refractivity contribution in [2.24, 2.45) is 11.8 Å². The fourth-order valence-corrected chi connectivity index (χ4v) is 3.15. The number of amides is 1. The normalized spacial score (nSPS) is 20.2. The molecule has 3 rings (SSSR count). The van der Waals surface area contributed by atoms with E-state index in [0.29, 0.717) is 25.9 Å². The fourth-order valence-electron chi connectivity index (χ4n) is 3.15. The zero-order chi connectivity index (χ0) is 16.9. The number of hydrogen-bond donors (Lipinski definition) is 2. The van der Waals surface area contributed by atoms with Crippen molar-refractivity contribution >= 4 is 22.8 Å². The first-order valence-corrected chi connectivity index (χ1v) is 8.23. The van der Waals surface area contributed by atoms with Crippen LogP contribution in [0.4, 0.5) is 0 Å². The Morgan fingerprint density at radius 2 is 1.96 bits per heavy atom. The van der Waals surface area contributed by atoms with Crippen molar-refractivity contribution in [3.05, 3.63) is 42.6 Å². The lowest BCUT2D eigenvalue weighted by molar-refractivity contribution is -0.147. The van der Waals surface area contributed by atoms with E-state index in [4.69, 9.17) is 0 Å². The minimum Gasteiger partial charge on any atom is -0.481 e. The van der Waals surface area contributed by atoms with E-state index in [1.807, 2.05) is 47.3 Å². The first kappa shape index (κ1) is 16.2. The Labute approximate surface area is 140 Å². The molecule has 2 aromatic rings. The number of fused-ring (bicyclic) bond motifs is 1. The Morgan fingerprint density at radius 3 is 2.75 bits per heavy atom. The van der Waals surface area contributed by atoms with Gasteiger partial charge in [-0.3, -0.25) is 14.3 Å². The number of nitrogens with zero attached hydrogens (tertiary/aromatic N) is 2. The quantitative estimate of drug-likeness (QED) is 0.629. The van der Waals surface area contributed by atoms with Crippen LogP contribution in [-0.4, -0.2) is 33.3 Å². The molecule has 0 unspecified atom stereocenters. The Kier molecular flexibility index (Phi) is 4.93. The summed E-state index contributed by atoms with van der Waals surface area (Å²) in [5.41, 5.74) is 1.08. The number of aryl methyl sites for hydroxylation is 1. The van der Waals surface area contributed by atoms with Gasteiger partial charge in [0.25, 0.3) is 0 Å². The highest BCUT2D eigenvalue weighted by Crippen LogP contribution is 2.26. The number of nitrogens with one attached hydrogen (secondary N) is 1. The van der Waals surface area contributed by atoms with Crippen molar-refractivity contribution in [1.82, 2.24) is 15.1 Å². The maximum Gasteiger partial charge on any atom is 0.307 e. The maximum absolute atomic E-state index is 12.3. The topological polar surface area (TPSA) is 84.2 Å². The summed E-state index contributed by atoms with van der Waals surface area (Å²) in [5.74, 6) is -2.16. The summed E-state index contributed by atoms with van der Waals surface area (Å²) in [6, 6.07) is 7.99. The summed E-state index contributed by atoms with van der Waals surface area (Å²) in [6.45, 7) is 1.22. The van der Waals surface area contributed by atoms with Crippen LogP contribution in [0.5, 0.6) is 0 Å². The molecule has 1 aliphatic rings. The monoisotopic (exact) mass is 327 g/mol. The van der Waals surface area contributed by atoms with Gasteiger partial charge < -0.3 is 10.4 Å². The predicted molar refractivity (Wildman–Crippen MR) is 90.3 cm³/mol. The number of aromatic nitrogens is 2. The largest absolute Gasteiger partial charge is 0.481 e. The third-order valence-corrected chi connectivity index (χ3v) is 4.48. The van der Waals surface area contributed by atoms with Crippen LogP contribution in [0.15, 0.2) is 42.6 Å². The van der Waals surface area contributed by atoms with Crippen molar-refractivity contribution in [3.8, 4) is 0 Å². The second-order valence-corrected chi connectivity index (χ2v) is 6.07. The molecule has 1 heterocycles. The molecule has 2 N–H and O–H groups in total. The smallest absolute Gasteiger partial charge is 0.307 e. The molecule has 24 heavy (non-hydrogen) atoms. The van der Waals surface area contributed by atoms with Crippen molar-refractivity contribution in [2.45, 2.75) is 25.8 Å². The number of para-hydroxylation sites is 1. The molecule has 126 valence electrons. The van der Waals surface area contributed by atoms with Gasteiger partial charge in [-0.1, -0.05) is 30.4 Å². The van der Waals surface area contributed by atoms with Crippen LogP contribution in [0.2, 0.25) is 0 Å². The van der Waals surface area contributed by atoms with Crippen LogP contribution in [-0.2, 0) is 16.1 Å². The van der Waals surface area contributed by atoms with Gasteiger partial charge in [-0.25, -0.2) is 0 Å². The molecule has 2 atom stereocenters. The van der Waals surface area contributed by atoms with E-state index < -0.39 is 17.8 Å². The summed E-state index contributed by atoms with van der Waals surface area (Å²) in [5, 5.41) is 17.6. The van der Waals surface area contributed by atoms with Crippen LogP contribution in [0.1, 0.15) is 19.3 Å². The lowest BCUT2D eigenvalue weighted by atomic mass is 9.82. The molecule has 6 nitrogen and oxygen atoms in total. The van der Waals surface area contributed by atoms with Gasteiger partial charge in [-0.2, -0.15) is 5.10 Å². The Bertz CT molecular complexity index is 766. The molecule has 0 fully saturated rings. The summed E-state index contributed by atoms with van der Waals surface area (Å²) >= 11 is 0. The van der Waals surface area contributed by atoms with Crippen LogP contribution >= 0.6 is 0 Å². The highest BCUT2D eigenvalue weighted by atomic mass is 16.4. The van der Waals surface area contributed by atoms with E-state index in [-0.39, 0.29) is 5.91 Å². The minimum absolute atomic E-state index is 0.169. The molecule has 0 bridgehead atoms. The molecule has 1 aliphatic carbocycles. The van der Waals surface area contributed by atoms with Gasteiger partial charge >= 0.3 is 5.97 Å². The molecule has 0 saturated carbocycles. The number of carboxylic acid groups (broad SMARTS) is 1. The average Bonchev–Trinajstić information content (AvgIpc) is 3.01. The van der Waals surface area contributed by atoms with Crippen LogP contribution in [0, 0.1) is 11.8 Å². The summed E-state index contributed by atoms with van der Waals surface area (Å²) in [7, 11) is 0. The zero-order valence-electron chi connectivity index (χ0n) is 13.4. The highest BCUT2D eigenvalue weighted by Gasteiger charge is 2.33. The SMILES string of the molecule is O=C(NCCCn1ncc2ccccc21)[C@H]1CC=CC[C@H]1C(=O)O.